The van der Waals surface area contributed by atoms with Crippen molar-refractivity contribution in [2.45, 2.75) is 17.6 Å². The van der Waals surface area contributed by atoms with Crippen LogP contribution in [0.2, 0.25) is 0 Å². The van der Waals surface area contributed by atoms with Gasteiger partial charge in [0, 0.05) is 0 Å². The van der Waals surface area contributed by atoms with Gasteiger partial charge < -0.3 is 4.74 Å². The summed E-state index contributed by atoms with van der Waals surface area (Å²) in [5.41, 5.74) is 0. The molecule has 0 aliphatic rings. The third kappa shape index (κ3) is 4.36. The van der Waals surface area contributed by atoms with E-state index in [1.54, 1.807) is 0 Å². The number of carbonyl (C=O) groups excluding carboxylic acids is 3. The lowest BCUT2D eigenvalue weighted by Crippen LogP contribution is -2.38. The molecule has 0 aromatic carbocycles. The van der Waals surface area contributed by atoms with Crippen molar-refractivity contribution in [1.29, 1.82) is 0 Å². The quantitative estimate of drug-likeness (QED) is 0.445. The molecule has 0 saturated heterocycles. The first-order chi connectivity index (χ1) is 6.71. The summed E-state index contributed by atoms with van der Waals surface area (Å²) in [6.45, 7) is 2.63. The molecule has 4 nitrogen and oxygen atoms in total. The molecule has 0 heterocycles. The van der Waals surface area contributed by atoms with E-state index in [2.05, 4.69) is 4.74 Å². The summed E-state index contributed by atoms with van der Waals surface area (Å²) in [6, 6.07) is 0. The third-order valence-corrected chi connectivity index (χ3v) is 2.03. The largest absolute Gasteiger partial charge is 0.465 e. The molecule has 0 aliphatic carbocycles. The molecule has 0 amide bonds. The first-order valence-electron chi connectivity index (χ1n) is 4.00. The van der Waals surface area contributed by atoms with E-state index in [4.69, 9.17) is 34.8 Å². The number of Topliss-reactive ketones (excluding diaryl/α,β-unsaturated/α-hetero) is 2. The first kappa shape index (κ1) is 14.7. The molecule has 0 aromatic rings. The van der Waals surface area contributed by atoms with Gasteiger partial charge in [-0.3, -0.25) is 14.4 Å². The maximum absolute atomic E-state index is 11.4. The molecular formula is C8H9Cl3O4. The van der Waals surface area contributed by atoms with Crippen LogP contribution in [0.15, 0.2) is 0 Å². The summed E-state index contributed by atoms with van der Waals surface area (Å²) in [4.78, 5) is 33.7. The Morgan fingerprint density at radius 2 is 1.73 bits per heavy atom. The zero-order valence-corrected chi connectivity index (χ0v) is 10.3. The van der Waals surface area contributed by atoms with E-state index >= 15 is 0 Å². The lowest BCUT2D eigenvalue weighted by Gasteiger charge is -2.15. The summed E-state index contributed by atoms with van der Waals surface area (Å²) < 4.78 is 2.22. The fraction of sp³-hybridized carbons (Fsp3) is 0.625. The topological polar surface area (TPSA) is 60.4 Å². The van der Waals surface area contributed by atoms with Crippen LogP contribution < -0.4 is 0 Å². The highest BCUT2D eigenvalue weighted by atomic mass is 35.6. The summed E-state index contributed by atoms with van der Waals surface area (Å²) in [7, 11) is 0. The van der Waals surface area contributed by atoms with Gasteiger partial charge in [0.2, 0.25) is 9.58 Å². The van der Waals surface area contributed by atoms with E-state index in [0.717, 1.165) is 6.92 Å². The van der Waals surface area contributed by atoms with Gasteiger partial charge in [-0.05, 0) is 13.8 Å². The van der Waals surface area contributed by atoms with Crippen molar-refractivity contribution in [2.24, 2.45) is 5.92 Å². The summed E-state index contributed by atoms with van der Waals surface area (Å²) >= 11 is 15.9. The van der Waals surface area contributed by atoms with Crippen LogP contribution in [0.4, 0.5) is 0 Å². The number of rotatable bonds is 4. The van der Waals surface area contributed by atoms with Gasteiger partial charge in [0.05, 0.1) is 6.61 Å². The highest BCUT2D eigenvalue weighted by Crippen LogP contribution is 2.31. The number of ether oxygens (including phenoxy) is 1. The van der Waals surface area contributed by atoms with Gasteiger partial charge in [-0.2, -0.15) is 0 Å². The van der Waals surface area contributed by atoms with Gasteiger partial charge in [-0.15, -0.1) is 0 Å². The molecule has 0 aromatic heterocycles. The predicted molar refractivity (Wildman–Crippen MR) is 56.1 cm³/mol. The van der Waals surface area contributed by atoms with Gasteiger partial charge >= 0.3 is 5.97 Å². The Morgan fingerprint density at radius 1 is 1.27 bits per heavy atom. The summed E-state index contributed by atoms with van der Waals surface area (Å²) in [5, 5.41) is 0. The van der Waals surface area contributed by atoms with Gasteiger partial charge in [0.1, 0.15) is 0 Å². The first-order valence-corrected chi connectivity index (χ1v) is 5.13. The highest BCUT2D eigenvalue weighted by molar-refractivity contribution is 6.77. The Morgan fingerprint density at radius 3 is 2.00 bits per heavy atom. The maximum atomic E-state index is 11.4. The van der Waals surface area contributed by atoms with Gasteiger partial charge in [-0.25, -0.2) is 0 Å². The Balaban J connectivity index is 4.92. The fourth-order valence-corrected chi connectivity index (χ4v) is 1.17. The van der Waals surface area contributed by atoms with Crippen molar-refractivity contribution in [1.82, 2.24) is 0 Å². The minimum Gasteiger partial charge on any atom is -0.465 e. The van der Waals surface area contributed by atoms with Crippen LogP contribution in [-0.4, -0.2) is 27.9 Å². The Kier molecular flexibility index (Phi) is 5.56. The number of alkyl halides is 3. The highest BCUT2D eigenvalue weighted by Gasteiger charge is 2.43. The average molecular weight is 276 g/mol. The van der Waals surface area contributed by atoms with Crippen LogP contribution in [0, 0.1) is 5.92 Å². The standard InChI is InChI=1S/C8H9Cl3O4/c1-3-15-7(14)5(4(2)12)6(13)8(9,10)11/h5H,3H2,1-2H3. The molecule has 0 saturated carbocycles. The summed E-state index contributed by atoms with van der Waals surface area (Å²) in [5.74, 6) is -4.48. The van der Waals surface area contributed by atoms with Crippen LogP contribution in [-0.2, 0) is 19.1 Å². The molecular weight excluding hydrogens is 266 g/mol. The number of hydrogen-bond donors (Lipinski definition) is 0. The lowest BCUT2D eigenvalue weighted by atomic mass is 10.0. The number of esters is 1. The van der Waals surface area contributed by atoms with Crippen molar-refractivity contribution < 1.29 is 19.1 Å². The molecule has 0 rings (SSSR count). The second-order valence-electron chi connectivity index (χ2n) is 2.66. The van der Waals surface area contributed by atoms with Crippen LogP contribution in [0.25, 0.3) is 0 Å². The number of hydrogen-bond acceptors (Lipinski definition) is 4. The van der Waals surface area contributed by atoms with Crippen molar-refractivity contribution in [3.63, 3.8) is 0 Å². The average Bonchev–Trinajstić information content (AvgIpc) is 2.02. The zero-order chi connectivity index (χ0) is 12.2. The van der Waals surface area contributed by atoms with E-state index in [9.17, 15) is 14.4 Å². The van der Waals surface area contributed by atoms with Crippen molar-refractivity contribution in [2.75, 3.05) is 6.61 Å². The molecule has 15 heavy (non-hydrogen) atoms. The maximum Gasteiger partial charge on any atom is 0.324 e. The Labute approximate surface area is 102 Å². The molecule has 0 fully saturated rings. The van der Waals surface area contributed by atoms with Gasteiger partial charge in [-0.1, -0.05) is 34.8 Å². The zero-order valence-electron chi connectivity index (χ0n) is 8.05. The summed E-state index contributed by atoms with van der Waals surface area (Å²) in [6.07, 6.45) is 0. The van der Waals surface area contributed by atoms with E-state index in [1.807, 2.05) is 0 Å². The van der Waals surface area contributed by atoms with E-state index in [-0.39, 0.29) is 6.61 Å². The van der Waals surface area contributed by atoms with Crippen LogP contribution >= 0.6 is 34.8 Å². The second kappa shape index (κ2) is 5.68. The van der Waals surface area contributed by atoms with E-state index in [1.165, 1.54) is 6.92 Å². The normalized spacial score (nSPS) is 13.1. The minimum atomic E-state index is -2.30. The lowest BCUT2D eigenvalue weighted by molar-refractivity contribution is -0.154. The van der Waals surface area contributed by atoms with E-state index < -0.39 is 27.2 Å². The SMILES string of the molecule is CCOC(=O)C(C(C)=O)C(=O)C(Cl)(Cl)Cl. The number of carbonyl (C=O) groups is 3. The van der Waals surface area contributed by atoms with Crippen molar-refractivity contribution in [3.05, 3.63) is 0 Å². The molecule has 0 spiro atoms. The molecule has 7 heteroatoms. The number of halogens is 3. The molecule has 1 unspecified atom stereocenters. The molecule has 0 N–H and O–H groups in total. The fourth-order valence-electron chi connectivity index (χ4n) is 0.847. The van der Waals surface area contributed by atoms with Crippen LogP contribution in [0.3, 0.4) is 0 Å². The monoisotopic (exact) mass is 274 g/mol. The third-order valence-electron chi connectivity index (χ3n) is 1.47. The molecule has 0 radical (unpaired) electrons. The smallest absolute Gasteiger partial charge is 0.324 e. The van der Waals surface area contributed by atoms with Crippen molar-refractivity contribution >= 4 is 52.3 Å². The number of ketones is 2. The minimum absolute atomic E-state index is 0.0375. The molecule has 86 valence electrons. The molecule has 0 bridgehead atoms. The Hall–Kier alpha value is -0.320. The molecule has 0 aliphatic heterocycles. The van der Waals surface area contributed by atoms with Crippen LogP contribution in [0.5, 0.6) is 0 Å². The predicted octanol–water partition coefficient (Wildman–Crippen LogP) is 1.69. The van der Waals surface area contributed by atoms with E-state index in [0.29, 0.717) is 0 Å². The second-order valence-corrected chi connectivity index (χ2v) is 4.94. The molecule has 1 atom stereocenters. The van der Waals surface area contributed by atoms with Crippen molar-refractivity contribution in [3.8, 4) is 0 Å². The van der Waals surface area contributed by atoms with Gasteiger partial charge in [0.15, 0.2) is 11.7 Å². The Bertz CT molecular complexity index is 282. The van der Waals surface area contributed by atoms with Crippen LogP contribution in [0.1, 0.15) is 13.8 Å². The van der Waals surface area contributed by atoms with Gasteiger partial charge in [0.25, 0.3) is 0 Å².